The molecule has 1 fully saturated rings. The molecule has 90 valence electrons. The molecule has 0 bridgehead atoms. The van der Waals surface area contributed by atoms with Crippen molar-refractivity contribution in [3.05, 3.63) is 0 Å². The Morgan fingerprint density at radius 1 is 1.40 bits per heavy atom. The quantitative estimate of drug-likeness (QED) is 0.781. The van der Waals surface area contributed by atoms with Gasteiger partial charge in [-0.1, -0.05) is 13.8 Å². The highest BCUT2D eigenvalue weighted by molar-refractivity contribution is 4.86. The van der Waals surface area contributed by atoms with Crippen LogP contribution < -0.4 is 0 Å². The Hall–Kier alpha value is -0.120. The minimum absolute atomic E-state index is 0.166. The molecule has 0 aromatic heterocycles. The Labute approximate surface area is 92.8 Å². The molecule has 1 saturated heterocycles. The van der Waals surface area contributed by atoms with E-state index in [4.69, 9.17) is 9.47 Å². The molecule has 1 heterocycles. The Bertz CT molecular complexity index is 191. The molecule has 0 aromatic rings. The zero-order valence-corrected chi connectivity index (χ0v) is 10.3. The molecular weight excluding hydrogens is 192 g/mol. The van der Waals surface area contributed by atoms with Gasteiger partial charge in [0.1, 0.15) is 0 Å². The zero-order chi connectivity index (χ0) is 11.5. The number of aliphatic hydroxyl groups is 1. The van der Waals surface area contributed by atoms with Crippen molar-refractivity contribution in [1.29, 1.82) is 0 Å². The van der Waals surface area contributed by atoms with E-state index in [0.717, 1.165) is 0 Å². The second-order valence-electron chi connectivity index (χ2n) is 5.19. The molecule has 0 aliphatic carbocycles. The highest BCUT2D eigenvalue weighted by Gasteiger charge is 2.36. The maximum atomic E-state index is 10.3. The lowest BCUT2D eigenvalue weighted by Crippen LogP contribution is -2.46. The highest BCUT2D eigenvalue weighted by atomic mass is 16.5. The van der Waals surface area contributed by atoms with Crippen LogP contribution in [0.5, 0.6) is 0 Å². The van der Waals surface area contributed by atoms with Gasteiger partial charge < -0.3 is 14.6 Å². The molecule has 2 unspecified atom stereocenters. The largest absolute Gasteiger partial charge is 0.387 e. The first-order valence-electron chi connectivity index (χ1n) is 5.88. The van der Waals surface area contributed by atoms with E-state index >= 15 is 0 Å². The van der Waals surface area contributed by atoms with Gasteiger partial charge in [0.2, 0.25) is 0 Å². The number of ether oxygens (including phenoxy) is 2. The van der Waals surface area contributed by atoms with E-state index in [9.17, 15) is 5.11 Å². The van der Waals surface area contributed by atoms with Crippen LogP contribution in [0.3, 0.4) is 0 Å². The summed E-state index contributed by atoms with van der Waals surface area (Å²) in [4.78, 5) is 0. The fourth-order valence-corrected chi connectivity index (χ4v) is 1.82. The van der Waals surface area contributed by atoms with Crippen molar-refractivity contribution in [2.45, 2.75) is 58.3 Å². The van der Waals surface area contributed by atoms with Gasteiger partial charge in [-0.25, -0.2) is 0 Å². The molecule has 15 heavy (non-hydrogen) atoms. The summed E-state index contributed by atoms with van der Waals surface area (Å²) in [6.07, 6.45) is 1.72. The Morgan fingerprint density at radius 2 is 2.07 bits per heavy atom. The van der Waals surface area contributed by atoms with Gasteiger partial charge in [-0.3, -0.25) is 0 Å². The molecule has 1 N–H and O–H groups in total. The van der Waals surface area contributed by atoms with Crippen LogP contribution in [0.2, 0.25) is 0 Å². The van der Waals surface area contributed by atoms with Gasteiger partial charge in [-0.05, 0) is 19.8 Å². The number of hydrogen-bond donors (Lipinski definition) is 1. The molecule has 3 nitrogen and oxygen atoms in total. The van der Waals surface area contributed by atoms with Crippen LogP contribution >= 0.6 is 0 Å². The summed E-state index contributed by atoms with van der Waals surface area (Å²) in [5, 5.41) is 10.3. The monoisotopic (exact) mass is 216 g/mol. The van der Waals surface area contributed by atoms with Gasteiger partial charge in [0.25, 0.3) is 0 Å². The van der Waals surface area contributed by atoms with Crippen molar-refractivity contribution in [3.63, 3.8) is 0 Å². The molecule has 0 radical (unpaired) electrons. The van der Waals surface area contributed by atoms with E-state index in [2.05, 4.69) is 13.8 Å². The van der Waals surface area contributed by atoms with Crippen molar-refractivity contribution >= 4 is 0 Å². The molecule has 1 rings (SSSR count). The van der Waals surface area contributed by atoms with Crippen LogP contribution in [-0.4, -0.2) is 36.1 Å². The lowest BCUT2D eigenvalue weighted by atomic mass is 9.87. The summed E-state index contributed by atoms with van der Waals surface area (Å²) in [5.74, 6) is 0.455. The van der Waals surface area contributed by atoms with Crippen molar-refractivity contribution in [2.24, 2.45) is 5.92 Å². The normalized spacial score (nSPS) is 32.6. The SMILES string of the molecule is CC(C)OCC1(O)CCOC(C(C)C)C1. The molecule has 0 aromatic carbocycles. The Morgan fingerprint density at radius 3 is 2.60 bits per heavy atom. The van der Waals surface area contributed by atoms with E-state index in [-0.39, 0.29) is 12.2 Å². The average molecular weight is 216 g/mol. The van der Waals surface area contributed by atoms with Gasteiger partial charge >= 0.3 is 0 Å². The molecule has 0 saturated carbocycles. The van der Waals surface area contributed by atoms with Gasteiger partial charge in [0.15, 0.2) is 0 Å². The fraction of sp³-hybridized carbons (Fsp3) is 1.00. The van der Waals surface area contributed by atoms with E-state index < -0.39 is 5.60 Å². The second-order valence-corrected chi connectivity index (χ2v) is 5.19. The smallest absolute Gasteiger partial charge is 0.0926 e. The third kappa shape index (κ3) is 4.09. The molecule has 2 atom stereocenters. The topological polar surface area (TPSA) is 38.7 Å². The van der Waals surface area contributed by atoms with Crippen LogP contribution in [-0.2, 0) is 9.47 Å². The number of hydrogen-bond acceptors (Lipinski definition) is 3. The minimum atomic E-state index is -0.683. The van der Waals surface area contributed by atoms with Gasteiger partial charge in [0.05, 0.1) is 24.4 Å². The molecular formula is C12H24O3. The van der Waals surface area contributed by atoms with Gasteiger partial charge in [0, 0.05) is 19.4 Å². The van der Waals surface area contributed by atoms with Gasteiger partial charge in [-0.2, -0.15) is 0 Å². The third-order valence-electron chi connectivity index (χ3n) is 2.91. The maximum Gasteiger partial charge on any atom is 0.0926 e. The maximum absolute atomic E-state index is 10.3. The van der Waals surface area contributed by atoms with Crippen LogP contribution in [0.1, 0.15) is 40.5 Å². The summed E-state index contributed by atoms with van der Waals surface area (Å²) in [6.45, 7) is 9.29. The van der Waals surface area contributed by atoms with E-state index in [0.29, 0.717) is 32.0 Å². The lowest BCUT2D eigenvalue weighted by Gasteiger charge is -2.38. The second kappa shape index (κ2) is 5.28. The fourth-order valence-electron chi connectivity index (χ4n) is 1.82. The van der Waals surface area contributed by atoms with E-state index in [1.807, 2.05) is 13.8 Å². The predicted molar refractivity (Wildman–Crippen MR) is 59.8 cm³/mol. The zero-order valence-electron chi connectivity index (χ0n) is 10.3. The van der Waals surface area contributed by atoms with Crippen molar-refractivity contribution in [3.8, 4) is 0 Å². The summed E-state index contributed by atoms with van der Waals surface area (Å²) >= 11 is 0. The Kier molecular flexibility index (Phi) is 4.56. The lowest BCUT2D eigenvalue weighted by molar-refractivity contribution is -0.151. The summed E-state index contributed by atoms with van der Waals surface area (Å²) in [5.41, 5.74) is -0.683. The number of rotatable bonds is 4. The first kappa shape index (κ1) is 12.9. The third-order valence-corrected chi connectivity index (χ3v) is 2.91. The van der Waals surface area contributed by atoms with Crippen LogP contribution in [0.4, 0.5) is 0 Å². The summed E-state index contributed by atoms with van der Waals surface area (Å²) in [7, 11) is 0. The molecule has 1 aliphatic heterocycles. The molecule has 3 heteroatoms. The summed E-state index contributed by atoms with van der Waals surface area (Å²) < 4.78 is 11.1. The van der Waals surface area contributed by atoms with E-state index in [1.165, 1.54) is 0 Å². The first-order chi connectivity index (χ1) is 6.93. The van der Waals surface area contributed by atoms with Crippen LogP contribution in [0.15, 0.2) is 0 Å². The highest BCUT2D eigenvalue weighted by Crippen LogP contribution is 2.29. The van der Waals surface area contributed by atoms with E-state index in [1.54, 1.807) is 0 Å². The molecule has 1 aliphatic rings. The predicted octanol–water partition coefficient (Wildman–Crippen LogP) is 1.98. The van der Waals surface area contributed by atoms with Crippen LogP contribution in [0, 0.1) is 5.92 Å². The van der Waals surface area contributed by atoms with Crippen molar-refractivity contribution in [1.82, 2.24) is 0 Å². The van der Waals surface area contributed by atoms with Crippen molar-refractivity contribution < 1.29 is 14.6 Å². The van der Waals surface area contributed by atoms with Crippen molar-refractivity contribution in [2.75, 3.05) is 13.2 Å². The standard InChI is InChI=1S/C12H24O3/c1-9(2)11-7-12(13,5-6-14-11)8-15-10(3)4/h9-11,13H,5-8H2,1-4H3. The first-order valence-corrected chi connectivity index (χ1v) is 5.88. The summed E-state index contributed by atoms with van der Waals surface area (Å²) in [6, 6.07) is 0. The minimum Gasteiger partial charge on any atom is -0.387 e. The molecule has 0 amide bonds. The van der Waals surface area contributed by atoms with Crippen LogP contribution in [0.25, 0.3) is 0 Å². The molecule has 0 spiro atoms. The average Bonchev–Trinajstić information content (AvgIpc) is 2.15. The van der Waals surface area contributed by atoms with Gasteiger partial charge in [-0.15, -0.1) is 0 Å². The Balaban J connectivity index is 2.45.